The zero-order valence-electron chi connectivity index (χ0n) is 13.8. The molecule has 0 bridgehead atoms. The van der Waals surface area contributed by atoms with Crippen molar-refractivity contribution in [2.24, 2.45) is 7.05 Å². The van der Waals surface area contributed by atoms with E-state index in [-0.39, 0.29) is 34.4 Å². The van der Waals surface area contributed by atoms with Crippen LogP contribution in [0.3, 0.4) is 0 Å². The lowest BCUT2D eigenvalue weighted by molar-refractivity contribution is -0.0508. The molecule has 3 aromatic rings. The molecule has 1 aromatic heterocycles. The topological polar surface area (TPSA) is 71.2 Å². The highest BCUT2D eigenvalue weighted by Gasteiger charge is 2.19. The number of tetrazole rings is 1. The fourth-order valence-electron chi connectivity index (χ4n) is 2.31. The van der Waals surface area contributed by atoms with Crippen LogP contribution in [0, 0.1) is 0 Å². The second kappa shape index (κ2) is 7.93. The molecular formula is C16H12Cl2F2N4O3. The fourth-order valence-corrected chi connectivity index (χ4v) is 2.64. The minimum absolute atomic E-state index is 0.163. The highest BCUT2D eigenvalue weighted by atomic mass is 35.5. The number of hydrogen-bond donors (Lipinski definition) is 0. The predicted octanol–water partition coefficient (Wildman–Crippen LogP) is 3.45. The third kappa shape index (κ3) is 4.20. The number of aryl methyl sites for hydroxylation is 1. The smallest absolute Gasteiger partial charge is 0.387 e. The molecule has 0 radical (unpaired) electrons. The average Bonchev–Trinajstić information content (AvgIpc) is 2.95. The van der Waals surface area contributed by atoms with Crippen LogP contribution in [-0.2, 0) is 13.7 Å². The van der Waals surface area contributed by atoms with E-state index >= 15 is 0 Å². The standard InChI is InChI=1S/C16H12Cl2F2N4O3/c1-23-16(25)24(22-21-23)12-3-2-4-13(27-15(19)20)10(12)8-26-14-7-9(17)5-6-11(14)18/h2-7,15H,8H2,1H3. The third-order valence-corrected chi connectivity index (χ3v) is 4.09. The van der Waals surface area contributed by atoms with E-state index in [1.165, 1.54) is 37.4 Å². The van der Waals surface area contributed by atoms with Gasteiger partial charge in [0.25, 0.3) is 0 Å². The third-order valence-electron chi connectivity index (χ3n) is 3.54. The van der Waals surface area contributed by atoms with Gasteiger partial charge in [-0.1, -0.05) is 29.3 Å². The Labute approximate surface area is 161 Å². The normalized spacial score (nSPS) is 11.0. The average molecular weight is 417 g/mol. The number of benzene rings is 2. The van der Waals surface area contributed by atoms with Crippen LogP contribution in [0.25, 0.3) is 5.69 Å². The van der Waals surface area contributed by atoms with Gasteiger partial charge in [0, 0.05) is 18.1 Å². The molecule has 0 fully saturated rings. The molecule has 0 saturated heterocycles. The van der Waals surface area contributed by atoms with Crippen molar-refractivity contribution in [3.8, 4) is 17.2 Å². The monoisotopic (exact) mass is 416 g/mol. The molecule has 0 aliphatic heterocycles. The van der Waals surface area contributed by atoms with Gasteiger partial charge in [0.1, 0.15) is 18.1 Å². The fraction of sp³-hybridized carbons (Fsp3) is 0.188. The zero-order chi connectivity index (χ0) is 19.6. The molecule has 0 spiro atoms. The molecule has 3 rings (SSSR count). The minimum Gasteiger partial charge on any atom is -0.487 e. The Bertz CT molecular complexity index is 1020. The Morgan fingerprint density at radius 3 is 2.59 bits per heavy atom. The molecule has 2 aromatic carbocycles. The van der Waals surface area contributed by atoms with E-state index in [0.717, 1.165) is 9.36 Å². The lowest BCUT2D eigenvalue weighted by atomic mass is 10.1. The van der Waals surface area contributed by atoms with Crippen LogP contribution in [0.4, 0.5) is 8.78 Å². The first-order valence-corrected chi connectivity index (χ1v) is 8.26. The summed E-state index contributed by atoms with van der Waals surface area (Å²) in [5.41, 5.74) is -0.216. The highest BCUT2D eigenvalue weighted by molar-refractivity contribution is 6.34. The van der Waals surface area contributed by atoms with Crippen LogP contribution in [0.5, 0.6) is 11.5 Å². The molecule has 0 aliphatic carbocycles. The quantitative estimate of drug-likeness (QED) is 0.615. The second-order valence-corrected chi connectivity index (χ2v) is 6.14. The maximum Gasteiger partial charge on any atom is 0.387 e. The molecule has 0 N–H and O–H groups in total. The molecule has 7 nitrogen and oxygen atoms in total. The van der Waals surface area contributed by atoms with E-state index in [1.54, 1.807) is 6.07 Å². The van der Waals surface area contributed by atoms with Gasteiger partial charge in [-0.3, -0.25) is 0 Å². The maximum atomic E-state index is 12.8. The molecule has 11 heteroatoms. The Morgan fingerprint density at radius 1 is 1.15 bits per heavy atom. The van der Waals surface area contributed by atoms with Crippen molar-refractivity contribution in [3.05, 3.63) is 62.5 Å². The number of nitrogens with zero attached hydrogens (tertiary/aromatic N) is 4. The molecule has 1 heterocycles. The van der Waals surface area contributed by atoms with Gasteiger partial charge < -0.3 is 9.47 Å². The summed E-state index contributed by atoms with van der Waals surface area (Å²) < 4.78 is 37.7. The number of halogens is 4. The Kier molecular flexibility index (Phi) is 5.62. The van der Waals surface area contributed by atoms with Gasteiger partial charge in [-0.25, -0.2) is 4.79 Å². The summed E-state index contributed by atoms with van der Waals surface area (Å²) in [4.78, 5) is 12.2. The van der Waals surface area contributed by atoms with Crippen LogP contribution in [0.15, 0.2) is 41.2 Å². The molecule has 0 unspecified atom stereocenters. The van der Waals surface area contributed by atoms with Crippen LogP contribution < -0.4 is 15.2 Å². The predicted molar refractivity (Wildman–Crippen MR) is 94.0 cm³/mol. The summed E-state index contributed by atoms with van der Waals surface area (Å²) in [5, 5.41) is 8.01. The number of alkyl halides is 2. The number of aromatic nitrogens is 4. The number of hydrogen-bond acceptors (Lipinski definition) is 5. The first kappa shape index (κ1) is 19.1. The van der Waals surface area contributed by atoms with Crippen molar-refractivity contribution in [2.75, 3.05) is 0 Å². The van der Waals surface area contributed by atoms with E-state index in [9.17, 15) is 13.6 Å². The molecule has 0 atom stereocenters. The molecule has 0 saturated carbocycles. The molecule has 27 heavy (non-hydrogen) atoms. The summed E-state index contributed by atoms with van der Waals surface area (Å²) >= 11 is 12.0. The van der Waals surface area contributed by atoms with Crippen molar-refractivity contribution >= 4 is 23.2 Å². The summed E-state index contributed by atoms with van der Waals surface area (Å²) in [6.07, 6.45) is 0. The van der Waals surface area contributed by atoms with Crippen molar-refractivity contribution in [3.63, 3.8) is 0 Å². The first-order chi connectivity index (χ1) is 12.9. The number of ether oxygens (including phenoxy) is 2. The SMILES string of the molecule is Cn1nnn(-c2cccc(OC(F)F)c2COc2cc(Cl)ccc2Cl)c1=O. The van der Waals surface area contributed by atoms with Crippen molar-refractivity contribution in [2.45, 2.75) is 13.2 Å². The summed E-state index contributed by atoms with van der Waals surface area (Å²) in [6, 6.07) is 8.88. The molecule has 0 amide bonds. The minimum atomic E-state index is -3.06. The van der Waals surface area contributed by atoms with Gasteiger partial charge in [0.05, 0.1) is 16.3 Å². The van der Waals surface area contributed by atoms with E-state index in [4.69, 9.17) is 27.9 Å². The molecule has 0 aliphatic rings. The zero-order valence-corrected chi connectivity index (χ0v) is 15.3. The Balaban J connectivity index is 2.04. The van der Waals surface area contributed by atoms with Crippen LogP contribution in [0.2, 0.25) is 10.0 Å². The summed E-state index contributed by atoms with van der Waals surface area (Å²) in [6.45, 7) is -3.30. The van der Waals surface area contributed by atoms with Crippen LogP contribution >= 0.6 is 23.2 Å². The molecule has 142 valence electrons. The van der Waals surface area contributed by atoms with E-state index in [0.29, 0.717) is 5.02 Å². The molecular weight excluding hydrogens is 405 g/mol. The summed E-state index contributed by atoms with van der Waals surface area (Å²) in [5.74, 6) is 0.0756. The van der Waals surface area contributed by atoms with Crippen molar-refractivity contribution < 1.29 is 18.3 Å². The van der Waals surface area contributed by atoms with E-state index in [2.05, 4.69) is 15.2 Å². The van der Waals surface area contributed by atoms with E-state index in [1.807, 2.05) is 0 Å². The lowest BCUT2D eigenvalue weighted by Gasteiger charge is -2.15. The van der Waals surface area contributed by atoms with Gasteiger partial charge >= 0.3 is 12.3 Å². The van der Waals surface area contributed by atoms with E-state index < -0.39 is 12.3 Å². The maximum absolute atomic E-state index is 12.8. The van der Waals surface area contributed by atoms with Crippen LogP contribution in [0.1, 0.15) is 5.56 Å². The Hall–Kier alpha value is -2.65. The van der Waals surface area contributed by atoms with Gasteiger partial charge in [-0.2, -0.15) is 18.1 Å². The summed E-state index contributed by atoms with van der Waals surface area (Å²) in [7, 11) is 1.41. The van der Waals surface area contributed by atoms with Crippen molar-refractivity contribution in [1.29, 1.82) is 0 Å². The van der Waals surface area contributed by atoms with Gasteiger partial charge in [-0.15, -0.1) is 0 Å². The number of rotatable bonds is 6. The van der Waals surface area contributed by atoms with Gasteiger partial charge in [0.2, 0.25) is 0 Å². The Morgan fingerprint density at radius 2 is 1.93 bits per heavy atom. The van der Waals surface area contributed by atoms with Crippen LogP contribution in [-0.4, -0.2) is 26.4 Å². The largest absolute Gasteiger partial charge is 0.487 e. The highest BCUT2D eigenvalue weighted by Crippen LogP contribution is 2.31. The van der Waals surface area contributed by atoms with Crippen molar-refractivity contribution in [1.82, 2.24) is 19.8 Å². The van der Waals surface area contributed by atoms with Gasteiger partial charge in [-0.05, 0) is 34.7 Å². The lowest BCUT2D eigenvalue weighted by Crippen LogP contribution is -2.23. The van der Waals surface area contributed by atoms with Gasteiger partial charge in [0.15, 0.2) is 0 Å². The first-order valence-electron chi connectivity index (χ1n) is 7.50. The second-order valence-electron chi connectivity index (χ2n) is 5.29.